The fourth-order valence-corrected chi connectivity index (χ4v) is 3.93. The van der Waals surface area contributed by atoms with E-state index in [0.717, 1.165) is 43.2 Å². The molecule has 192 valence electrons. The molecular weight excluding hydrogens is 456 g/mol. The third-order valence-electron chi connectivity index (χ3n) is 6.11. The second-order valence-electron chi connectivity index (χ2n) is 9.56. The van der Waals surface area contributed by atoms with Crippen molar-refractivity contribution in [2.75, 3.05) is 0 Å². The minimum atomic E-state index is -1.29. The van der Waals surface area contributed by atoms with Crippen LogP contribution in [0, 0.1) is 0 Å². The molecule has 1 aliphatic carbocycles. The number of hydrogen-bond donors (Lipinski definition) is 1. The Balaban J connectivity index is 1.56. The SMILES string of the molecule is C\C=C/C1=C/CCC\C(Cn2nc(CCCc3ccc(OC(C)(C)C(=O)O)cc3)oc2=O)=C/C=C\1C. The molecule has 0 aliphatic heterocycles. The molecule has 1 heterocycles. The fourth-order valence-electron chi connectivity index (χ4n) is 3.93. The van der Waals surface area contributed by atoms with Gasteiger partial charge in [-0.3, -0.25) is 0 Å². The summed E-state index contributed by atoms with van der Waals surface area (Å²) in [5.41, 5.74) is 3.39. The number of aryl methyl sites for hydroxylation is 2. The molecule has 0 fully saturated rings. The summed E-state index contributed by atoms with van der Waals surface area (Å²) in [5.74, 6) is -0.498. The van der Waals surface area contributed by atoms with E-state index in [1.54, 1.807) is 12.1 Å². The summed E-state index contributed by atoms with van der Waals surface area (Å²) in [6.07, 6.45) is 15.7. The van der Waals surface area contributed by atoms with Crippen molar-refractivity contribution < 1.29 is 19.1 Å². The molecule has 0 bridgehead atoms. The second kappa shape index (κ2) is 12.4. The van der Waals surface area contributed by atoms with Gasteiger partial charge in [-0.1, -0.05) is 42.5 Å². The zero-order chi connectivity index (χ0) is 26.1. The van der Waals surface area contributed by atoms with E-state index in [1.807, 2.05) is 19.1 Å². The van der Waals surface area contributed by atoms with Crippen molar-refractivity contribution in [3.8, 4) is 5.75 Å². The maximum atomic E-state index is 12.4. The van der Waals surface area contributed by atoms with Crippen LogP contribution in [0.1, 0.15) is 64.8 Å². The number of aliphatic carboxylic acids is 1. The molecule has 7 nitrogen and oxygen atoms in total. The van der Waals surface area contributed by atoms with Crippen molar-refractivity contribution >= 4 is 5.97 Å². The van der Waals surface area contributed by atoms with Gasteiger partial charge in [-0.2, -0.15) is 4.68 Å². The lowest BCUT2D eigenvalue weighted by atomic mass is 10.1. The van der Waals surface area contributed by atoms with E-state index in [1.165, 1.54) is 29.7 Å². The summed E-state index contributed by atoms with van der Waals surface area (Å²) in [4.78, 5) is 23.6. The average molecular weight is 493 g/mol. The van der Waals surface area contributed by atoms with Gasteiger partial charge in [0.25, 0.3) is 0 Å². The minimum absolute atomic E-state index is 0.429. The molecule has 1 aliphatic rings. The van der Waals surface area contributed by atoms with Crippen LogP contribution in [0.15, 0.2) is 80.6 Å². The van der Waals surface area contributed by atoms with Crippen molar-refractivity contribution in [3.05, 3.63) is 93.4 Å². The minimum Gasteiger partial charge on any atom is -0.478 e. The smallest absolute Gasteiger partial charge is 0.437 e. The molecule has 2 aromatic rings. The van der Waals surface area contributed by atoms with E-state index >= 15 is 0 Å². The molecule has 0 radical (unpaired) electrons. The molecular formula is C29H36N2O5. The lowest BCUT2D eigenvalue weighted by Gasteiger charge is -2.21. The lowest BCUT2D eigenvalue weighted by molar-refractivity contribution is -0.152. The Hall–Kier alpha value is -3.61. The molecule has 0 unspecified atom stereocenters. The van der Waals surface area contributed by atoms with Gasteiger partial charge in [0.2, 0.25) is 5.89 Å². The Morgan fingerprint density at radius 2 is 1.97 bits per heavy atom. The Kier molecular flexibility index (Phi) is 9.28. The van der Waals surface area contributed by atoms with Crippen LogP contribution in [0.3, 0.4) is 0 Å². The molecule has 0 amide bonds. The van der Waals surface area contributed by atoms with Crippen molar-refractivity contribution in [1.29, 1.82) is 0 Å². The first kappa shape index (κ1) is 27.0. The molecule has 0 saturated carbocycles. The number of carbonyl (C=O) groups is 1. The number of allylic oxidation sites excluding steroid dienone is 8. The first-order valence-corrected chi connectivity index (χ1v) is 12.5. The molecule has 3 rings (SSSR count). The maximum absolute atomic E-state index is 12.4. The number of aromatic nitrogens is 2. The average Bonchev–Trinajstić information content (AvgIpc) is 3.21. The van der Waals surface area contributed by atoms with Crippen LogP contribution < -0.4 is 10.5 Å². The monoisotopic (exact) mass is 492 g/mol. The highest BCUT2D eigenvalue weighted by atomic mass is 16.5. The van der Waals surface area contributed by atoms with Gasteiger partial charge in [0.15, 0.2) is 5.60 Å². The highest BCUT2D eigenvalue weighted by Crippen LogP contribution is 2.21. The van der Waals surface area contributed by atoms with Gasteiger partial charge in [-0.05, 0) is 94.2 Å². The van der Waals surface area contributed by atoms with E-state index in [4.69, 9.17) is 9.15 Å². The summed E-state index contributed by atoms with van der Waals surface area (Å²) in [6.45, 7) is 7.58. The number of carboxylic acid groups (broad SMARTS) is 1. The van der Waals surface area contributed by atoms with E-state index in [9.17, 15) is 14.7 Å². The van der Waals surface area contributed by atoms with Gasteiger partial charge in [0.1, 0.15) is 5.75 Å². The Morgan fingerprint density at radius 3 is 2.67 bits per heavy atom. The van der Waals surface area contributed by atoms with Crippen LogP contribution in [0.25, 0.3) is 0 Å². The molecule has 36 heavy (non-hydrogen) atoms. The highest BCUT2D eigenvalue weighted by Gasteiger charge is 2.29. The predicted octanol–water partition coefficient (Wildman–Crippen LogP) is 5.81. The van der Waals surface area contributed by atoms with Crippen molar-refractivity contribution in [3.63, 3.8) is 0 Å². The molecule has 0 atom stereocenters. The highest BCUT2D eigenvalue weighted by molar-refractivity contribution is 5.76. The number of rotatable bonds is 10. The molecule has 0 saturated heterocycles. The molecule has 1 aromatic carbocycles. The van der Waals surface area contributed by atoms with Crippen LogP contribution >= 0.6 is 0 Å². The zero-order valence-corrected chi connectivity index (χ0v) is 21.6. The van der Waals surface area contributed by atoms with Crippen LogP contribution in [0.2, 0.25) is 0 Å². The van der Waals surface area contributed by atoms with Gasteiger partial charge < -0.3 is 14.3 Å². The third-order valence-corrected chi connectivity index (χ3v) is 6.11. The van der Waals surface area contributed by atoms with Crippen molar-refractivity contribution in [1.82, 2.24) is 9.78 Å². The first-order chi connectivity index (χ1) is 17.2. The van der Waals surface area contributed by atoms with E-state index in [2.05, 4.69) is 42.4 Å². The Morgan fingerprint density at radius 1 is 1.22 bits per heavy atom. The number of carboxylic acids is 1. The van der Waals surface area contributed by atoms with Gasteiger partial charge in [-0.15, -0.1) is 5.10 Å². The summed E-state index contributed by atoms with van der Waals surface area (Å²) < 4.78 is 12.4. The van der Waals surface area contributed by atoms with Crippen LogP contribution in [0.4, 0.5) is 0 Å². The third kappa shape index (κ3) is 7.70. The molecule has 1 aromatic heterocycles. The number of benzene rings is 1. The standard InChI is InChI=1S/C29H36N2O5/c1-5-9-24-12-7-6-10-23(15-14-21(24)2)20-31-28(34)35-26(30-31)13-8-11-22-16-18-25(19-17-22)36-29(3,4)27(32)33/h5,9,12,14-19H,6-8,10-11,13,20H2,1-4H3,(H,32,33)/b9-5-,21-14-,23-15+,24-12-. The topological polar surface area (TPSA) is 94.6 Å². The summed E-state index contributed by atoms with van der Waals surface area (Å²) in [5, 5.41) is 13.6. The van der Waals surface area contributed by atoms with Gasteiger partial charge in [0.05, 0.1) is 6.54 Å². The predicted molar refractivity (Wildman–Crippen MR) is 140 cm³/mol. The second-order valence-corrected chi connectivity index (χ2v) is 9.56. The largest absolute Gasteiger partial charge is 0.478 e. The number of hydrogen-bond acceptors (Lipinski definition) is 5. The van der Waals surface area contributed by atoms with Gasteiger partial charge in [0, 0.05) is 6.42 Å². The number of nitrogens with zero attached hydrogens (tertiary/aromatic N) is 2. The fraction of sp³-hybridized carbons (Fsp3) is 0.414. The normalized spacial score (nSPS) is 19.3. The first-order valence-electron chi connectivity index (χ1n) is 12.5. The summed E-state index contributed by atoms with van der Waals surface area (Å²) in [7, 11) is 0. The van der Waals surface area contributed by atoms with E-state index in [0.29, 0.717) is 24.6 Å². The summed E-state index contributed by atoms with van der Waals surface area (Å²) in [6, 6.07) is 7.37. The number of ether oxygens (including phenoxy) is 1. The maximum Gasteiger partial charge on any atom is 0.437 e. The lowest BCUT2D eigenvalue weighted by Crippen LogP contribution is -2.37. The van der Waals surface area contributed by atoms with Gasteiger partial charge in [-0.25, -0.2) is 9.59 Å². The zero-order valence-electron chi connectivity index (χ0n) is 21.6. The Bertz CT molecular complexity index is 1220. The Labute approximate surface area is 212 Å². The summed E-state index contributed by atoms with van der Waals surface area (Å²) >= 11 is 0. The molecule has 1 N–H and O–H groups in total. The molecule has 7 heteroatoms. The van der Waals surface area contributed by atoms with Crippen molar-refractivity contribution in [2.24, 2.45) is 0 Å². The van der Waals surface area contributed by atoms with Crippen LogP contribution in [-0.2, 0) is 24.2 Å². The molecule has 0 spiro atoms. The van der Waals surface area contributed by atoms with E-state index in [-0.39, 0.29) is 0 Å². The van der Waals surface area contributed by atoms with E-state index < -0.39 is 17.3 Å². The van der Waals surface area contributed by atoms with Gasteiger partial charge >= 0.3 is 11.7 Å². The van der Waals surface area contributed by atoms with Crippen LogP contribution in [0.5, 0.6) is 5.75 Å². The quantitative estimate of drug-likeness (QED) is 0.450. The van der Waals surface area contributed by atoms with Crippen LogP contribution in [-0.4, -0.2) is 26.5 Å². The van der Waals surface area contributed by atoms with Crippen molar-refractivity contribution in [2.45, 2.75) is 78.4 Å².